The number of anilines is 1. The number of pyridine rings is 1. The van der Waals surface area contributed by atoms with E-state index in [4.69, 9.17) is 11.6 Å². The minimum atomic E-state index is -4.69. The molecule has 0 saturated carbocycles. The molecule has 46 heavy (non-hydrogen) atoms. The standard InChI is InChI=1S/C32H24ClF3N8O2/c1-18-3-2-4-27(20-9-10-38-24(12-20)22-7-5-19(15-37)11-26(22)40-31(18)46)43-17-39-25(14-30(43)45)23-13-21(33)6-8-28(23)44-16-29(41-42-44)32(34,35)36/h5-14,16-18,27H,2-4H2,1H3,(H,40,46)/t18-,27+/m1/s1. The van der Waals surface area contributed by atoms with Crippen LogP contribution in [-0.4, -0.2) is 35.4 Å². The van der Waals surface area contributed by atoms with Crippen molar-refractivity contribution in [1.29, 1.82) is 5.26 Å². The molecule has 10 nitrogen and oxygen atoms in total. The van der Waals surface area contributed by atoms with Crippen LogP contribution in [-0.2, 0) is 11.0 Å². The Morgan fingerprint density at radius 2 is 1.80 bits per heavy atom. The first-order chi connectivity index (χ1) is 22.0. The number of alkyl halides is 3. The number of nitrogens with one attached hydrogen (secondary N) is 1. The third-order valence-corrected chi connectivity index (χ3v) is 8.09. The summed E-state index contributed by atoms with van der Waals surface area (Å²) in [6.07, 6.45) is 0.719. The van der Waals surface area contributed by atoms with Gasteiger partial charge in [0.15, 0.2) is 5.69 Å². The van der Waals surface area contributed by atoms with E-state index < -0.39 is 23.5 Å². The van der Waals surface area contributed by atoms with Crippen molar-refractivity contribution >= 4 is 23.2 Å². The van der Waals surface area contributed by atoms with Gasteiger partial charge in [-0.2, -0.15) is 18.4 Å². The van der Waals surface area contributed by atoms with Gasteiger partial charge < -0.3 is 5.32 Å². The predicted octanol–water partition coefficient (Wildman–Crippen LogP) is 6.44. The Balaban J connectivity index is 1.42. The van der Waals surface area contributed by atoms with Gasteiger partial charge in [-0.05, 0) is 66.9 Å². The predicted molar refractivity (Wildman–Crippen MR) is 163 cm³/mol. The summed E-state index contributed by atoms with van der Waals surface area (Å²) >= 11 is 6.24. The average molecular weight is 645 g/mol. The molecule has 1 aliphatic heterocycles. The molecule has 0 spiro atoms. The van der Waals surface area contributed by atoms with Crippen molar-refractivity contribution in [1.82, 2.24) is 29.5 Å². The molecule has 2 bridgehead atoms. The van der Waals surface area contributed by atoms with E-state index in [-0.39, 0.29) is 33.8 Å². The summed E-state index contributed by atoms with van der Waals surface area (Å²) in [6.45, 7) is 1.82. The number of hydrogen-bond acceptors (Lipinski definition) is 7. The lowest BCUT2D eigenvalue weighted by molar-refractivity contribution is -0.141. The number of amides is 1. The number of carbonyl (C=O) groups excluding carboxylic acids is 1. The molecule has 0 aliphatic carbocycles. The van der Waals surface area contributed by atoms with Crippen molar-refractivity contribution < 1.29 is 18.0 Å². The first-order valence-corrected chi connectivity index (χ1v) is 14.6. The van der Waals surface area contributed by atoms with Crippen molar-refractivity contribution in [3.05, 3.63) is 106 Å². The summed E-state index contributed by atoms with van der Waals surface area (Å²) in [5, 5.41) is 19.5. The minimum absolute atomic E-state index is 0.180. The molecule has 0 radical (unpaired) electrons. The van der Waals surface area contributed by atoms with Crippen LogP contribution in [0.25, 0.3) is 28.2 Å². The highest BCUT2D eigenvalue weighted by atomic mass is 35.5. The molecule has 2 atom stereocenters. The maximum Gasteiger partial charge on any atom is 0.436 e. The number of carbonyl (C=O) groups is 1. The van der Waals surface area contributed by atoms with Gasteiger partial charge in [0.25, 0.3) is 5.56 Å². The summed E-state index contributed by atoms with van der Waals surface area (Å²) in [7, 11) is 0. The van der Waals surface area contributed by atoms with E-state index in [1.54, 1.807) is 24.4 Å². The second kappa shape index (κ2) is 12.2. The summed E-state index contributed by atoms with van der Waals surface area (Å²) < 4.78 is 42.1. The summed E-state index contributed by atoms with van der Waals surface area (Å²) in [4.78, 5) is 35.8. The fraction of sp³-hybridized carbons (Fsp3) is 0.219. The Morgan fingerprint density at radius 3 is 2.54 bits per heavy atom. The van der Waals surface area contributed by atoms with Crippen LogP contribution in [0, 0.1) is 17.2 Å². The van der Waals surface area contributed by atoms with Crippen molar-refractivity contribution in [2.45, 2.75) is 38.4 Å². The van der Waals surface area contributed by atoms with Crippen LogP contribution in [0.5, 0.6) is 0 Å². The third-order valence-electron chi connectivity index (χ3n) is 7.85. The quantitative estimate of drug-likeness (QED) is 0.239. The molecule has 6 rings (SSSR count). The lowest BCUT2D eigenvalue weighted by Gasteiger charge is -2.23. The minimum Gasteiger partial charge on any atom is -0.325 e. The average Bonchev–Trinajstić information content (AvgIpc) is 3.54. The SMILES string of the molecule is C[C@@H]1CCC[C@H](n2cnc(-c3cc(Cl)ccc3-n3cc(C(F)(F)F)nn3)cc2=O)c2ccnc(c2)-c2ccc(C#N)cc2NC1=O. The van der Waals surface area contributed by atoms with E-state index >= 15 is 0 Å². The van der Waals surface area contributed by atoms with Crippen LogP contribution in [0.4, 0.5) is 18.9 Å². The second-order valence-corrected chi connectivity index (χ2v) is 11.3. The zero-order chi connectivity index (χ0) is 32.6. The molecule has 1 amide bonds. The van der Waals surface area contributed by atoms with E-state index in [0.29, 0.717) is 41.8 Å². The molecule has 0 saturated heterocycles. The Hall–Kier alpha value is -5.35. The van der Waals surface area contributed by atoms with E-state index in [0.717, 1.165) is 16.4 Å². The van der Waals surface area contributed by atoms with Crippen molar-refractivity contribution in [2.75, 3.05) is 5.32 Å². The van der Waals surface area contributed by atoms with Gasteiger partial charge in [-0.3, -0.25) is 19.1 Å². The molecule has 0 unspecified atom stereocenters. The number of rotatable bonds is 3. The van der Waals surface area contributed by atoms with E-state index in [1.165, 1.54) is 35.2 Å². The van der Waals surface area contributed by atoms with Crippen molar-refractivity contribution in [2.24, 2.45) is 5.92 Å². The van der Waals surface area contributed by atoms with Crippen LogP contribution in [0.3, 0.4) is 0 Å². The molecule has 14 heteroatoms. The van der Waals surface area contributed by atoms with Gasteiger partial charge in [0, 0.05) is 34.3 Å². The topological polar surface area (TPSA) is 131 Å². The zero-order valence-electron chi connectivity index (χ0n) is 24.2. The van der Waals surface area contributed by atoms with Gasteiger partial charge in [0.05, 0.1) is 53.0 Å². The Morgan fingerprint density at radius 1 is 1.00 bits per heavy atom. The first-order valence-electron chi connectivity index (χ1n) is 14.2. The molecule has 3 aromatic heterocycles. The summed E-state index contributed by atoms with van der Waals surface area (Å²) in [5.74, 6) is -0.544. The molecule has 232 valence electrons. The van der Waals surface area contributed by atoms with E-state index in [9.17, 15) is 28.0 Å². The molecule has 0 fully saturated rings. The highest BCUT2D eigenvalue weighted by molar-refractivity contribution is 6.31. The molecule has 4 heterocycles. The van der Waals surface area contributed by atoms with Gasteiger partial charge in [-0.25, -0.2) is 9.67 Å². The number of nitriles is 1. The van der Waals surface area contributed by atoms with Crippen molar-refractivity contribution in [3.8, 4) is 34.3 Å². The van der Waals surface area contributed by atoms with E-state index in [1.807, 2.05) is 19.1 Å². The summed E-state index contributed by atoms with van der Waals surface area (Å²) in [5.41, 5.74) is 1.88. The molecular formula is C32H24ClF3N8O2. The maximum atomic E-state index is 13.7. The molecule has 1 aliphatic rings. The molecule has 2 aromatic carbocycles. The lowest BCUT2D eigenvalue weighted by Crippen LogP contribution is -2.26. The number of hydrogen-bond donors (Lipinski definition) is 1. The summed E-state index contributed by atoms with van der Waals surface area (Å²) in [6, 6.07) is 16.0. The fourth-order valence-corrected chi connectivity index (χ4v) is 5.60. The van der Waals surface area contributed by atoms with Crippen LogP contribution in [0.15, 0.2) is 78.1 Å². The van der Waals surface area contributed by atoms with Gasteiger partial charge in [0.1, 0.15) is 0 Å². The lowest BCUT2D eigenvalue weighted by atomic mass is 9.94. The molecule has 5 aromatic rings. The van der Waals surface area contributed by atoms with Crippen LogP contribution in [0.1, 0.15) is 49.0 Å². The highest BCUT2D eigenvalue weighted by Crippen LogP contribution is 2.34. The third kappa shape index (κ3) is 6.12. The Kier molecular flexibility index (Phi) is 8.14. The van der Waals surface area contributed by atoms with Gasteiger partial charge >= 0.3 is 6.18 Å². The largest absolute Gasteiger partial charge is 0.436 e. The number of fused-ring (bicyclic) bond motifs is 4. The monoisotopic (exact) mass is 644 g/mol. The van der Waals surface area contributed by atoms with Gasteiger partial charge in [-0.1, -0.05) is 30.2 Å². The van der Waals surface area contributed by atoms with Crippen molar-refractivity contribution in [3.63, 3.8) is 0 Å². The van der Waals surface area contributed by atoms with Crippen LogP contribution in [0.2, 0.25) is 5.02 Å². The molecule has 1 N–H and O–H groups in total. The first kappa shape index (κ1) is 30.7. The maximum absolute atomic E-state index is 13.7. The number of halogens is 4. The fourth-order valence-electron chi connectivity index (χ4n) is 5.43. The van der Waals surface area contributed by atoms with Gasteiger partial charge in [-0.15, -0.1) is 5.10 Å². The number of benzene rings is 2. The number of aromatic nitrogens is 6. The van der Waals surface area contributed by atoms with Crippen LogP contribution < -0.4 is 10.9 Å². The Bertz CT molecular complexity index is 2070. The second-order valence-electron chi connectivity index (χ2n) is 10.9. The molecular weight excluding hydrogens is 621 g/mol. The van der Waals surface area contributed by atoms with Crippen LogP contribution >= 0.6 is 11.6 Å². The normalized spacial score (nSPS) is 16.8. The van der Waals surface area contributed by atoms with Gasteiger partial charge in [0.2, 0.25) is 5.91 Å². The smallest absolute Gasteiger partial charge is 0.325 e. The Labute approximate surface area is 265 Å². The zero-order valence-corrected chi connectivity index (χ0v) is 24.9. The van der Waals surface area contributed by atoms with E-state index in [2.05, 4.69) is 31.7 Å². The number of nitrogens with zero attached hydrogens (tertiary/aromatic N) is 7. The highest BCUT2D eigenvalue weighted by Gasteiger charge is 2.35.